The van der Waals surface area contributed by atoms with Crippen LogP contribution in [0.2, 0.25) is 0 Å². The van der Waals surface area contributed by atoms with Gasteiger partial charge in [-0.25, -0.2) is 0 Å². The predicted octanol–water partition coefficient (Wildman–Crippen LogP) is 6.00. The van der Waals surface area contributed by atoms with Crippen LogP contribution >= 0.6 is 11.3 Å². The highest BCUT2D eigenvalue weighted by atomic mass is 32.1. The Morgan fingerprint density at radius 1 is 0.963 bits per heavy atom. The van der Waals surface area contributed by atoms with E-state index in [1.807, 2.05) is 35.7 Å². The van der Waals surface area contributed by atoms with Crippen molar-refractivity contribution < 1.29 is 0 Å². The van der Waals surface area contributed by atoms with Crippen LogP contribution in [0, 0.1) is 35.5 Å². The molecule has 0 saturated heterocycles. The van der Waals surface area contributed by atoms with Gasteiger partial charge in [0.15, 0.2) is 0 Å². The summed E-state index contributed by atoms with van der Waals surface area (Å²) in [6.45, 7) is 2.06. The van der Waals surface area contributed by atoms with Gasteiger partial charge in [0.05, 0.1) is 23.8 Å². The van der Waals surface area contributed by atoms with E-state index in [1.165, 1.54) is 5.56 Å². The second-order valence-corrected chi connectivity index (χ2v) is 7.54. The number of aromatic nitrogens is 1. The number of hydrogen-bond donors (Lipinski definition) is 1. The first kappa shape index (κ1) is 17.1. The van der Waals surface area contributed by atoms with Crippen molar-refractivity contribution in [3.05, 3.63) is 82.0 Å². The van der Waals surface area contributed by atoms with E-state index in [0.717, 1.165) is 32.6 Å². The molecular formula is C23H17N3S. The van der Waals surface area contributed by atoms with Crippen molar-refractivity contribution in [3.63, 3.8) is 0 Å². The summed E-state index contributed by atoms with van der Waals surface area (Å²) < 4.78 is 0. The molecule has 0 amide bonds. The van der Waals surface area contributed by atoms with Crippen molar-refractivity contribution in [1.82, 2.24) is 4.98 Å². The number of hydrogen-bond acceptors (Lipinski definition) is 3. The molecule has 0 aliphatic heterocycles. The van der Waals surface area contributed by atoms with E-state index in [2.05, 4.69) is 54.4 Å². The lowest BCUT2D eigenvalue weighted by Gasteiger charge is -2.18. The van der Waals surface area contributed by atoms with E-state index in [1.54, 1.807) is 11.3 Å². The highest BCUT2D eigenvalue weighted by molar-refractivity contribution is 7.10. The minimum Gasteiger partial charge on any atom is -0.354 e. The summed E-state index contributed by atoms with van der Waals surface area (Å²) >= 11 is 1.59. The molecule has 4 aromatic rings. The molecule has 130 valence electrons. The van der Waals surface area contributed by atoms with Gasteiger partial charge in [-0.15, -0.1) is 11.3 Å². The fourth-order valence-electron chi connectivity index (χ4n) is 3.61. The monoisotopic (exact) mass is 367 g/mol. The summed E-state index contributed by atoms with van der Waals surface area (Å²) in [4.78, 5) is 4.58. The van der Waals surface area contributed by atoms with Gasteiger partial charge in [-0.2, -0.15) is 10.5 Å². The van der Waals surface area contributed by atoms with Gasteiger partial charge in [-0.3, -0.25) is 0 Å². The minimum atomic E-state index is -0.758. The fraction of sp³-hybridized carbons (Fsp3) is 0.130. The normalized spacial score (nSPS) is 12.0. The number of nitrogens with zero attached hydrogens (tertiary/aromatic N) is 2. The summed E-state index contributed by atoms with van der Waals surface area (Å²) in [5, 5.41) is 22.4. The van der Waals surface area contributed by atoms with Crippen LogP contribution in [0.25, 0.3) is 22.2 Å². The molecule has 0 aliphatic rings. The van der Waals surface area contributed by atoms with E-state index in [0.29, 0.717) is 0 Å². The molecule has 0 saturated carbocycles. The molecule has 2 heterocycles. The molecule has 27 heavy (non-hydrogen) atoms. The Kier molecular flexibility index (Phi) is 4.50. The van der Waals surface area contributed by atoms with E-state index < -0.39 is 5.92 Å². The van der Waals surface area contributed by atoms with Gasteiger partial charge in [-0.1, -0.05) is 48.5 Å². The van der Waals surface area contributed by atoms with Gasteiger partial charge in [-0.05, 0) is 41.1 Å². The number of nitriles is 2. The number of aromatic amines is 1. The molecule has 0 radical (unpaired) electrons. The molecule has 4 heteroatoms. The molecule has 0 aliphatic carbocycles. The number of fused-ring (bicyclic) bond motifs is 1. The lowest BCUT2D eigenvalue weighted by Crippen LogP contribution is -2.11. The molecule has 1 atom stereocenters. The predicted molar refractivity (Wildman–Crippen MR) is 109 cm³/mol. The summed E-state index contributed by atoms with van der Waals surface area (Å²) in [5.74, 6) is -1.06. The molecule has 2 aromatic carbocycles. The lowest BCUT2D eigenvalue weighted by molar-refractivity contribution is 0.728. The molecule has 1 N–H and O–H groups in total. The zero-order valence-electron chi connectivity index (χ0n) is 14.8. The SMILES string of the molecule is Cc1ccc2c([C@@H](c3cccs3)C(C#N)C#N)c(-c3ccccc3)[nH]c2c1. The maximum absolute atomic E-state index is 9.69. The van der Waals surface area contributed by atoms with Crippen LogP contribution in [-0.4, -0.2) is 4.98 Å². The van der Waals surface area contributed by atoms with Gasteiger partial charge < -0.3 is 4.98 Å². The lowest BCUT2D eigenvalue weighted by atomic mass is 9.83. The van der Waals surface area contributed by atoms with Gasteiger partial charge in [0.2, 0.25) is 0 Å². The van der Waals surface area contributed by atoms with E-state index in [4.69, 9.17) is 0 Å². The van der Waals surface area contributed by atoms with Crippen LogP contribution in [0.4, 0.5) is 0 Å². The topological polar surface area (TPSA) is 63.4 Å². The maximum atomic E-state index is 9.69. The molecule has 0 spiro atoms. The highest BCUT2D eigenvalue weighted by Crippen LogP contribution is 2.43. The van der Waals surface area contributed by atoms with Crippen LogP contribution in [0.1, 0.15) is 21.9 Å². The second kappa shape index (κ2) is 7.11. The first-order chi connectivity index (χ1) is 13.2. The number of benzene rings is 2. The quantitative estimate of drug-likeness (QED) is 0.481. The number of nitrogens with one attached hydrogen (secondary N) is 1. The van der Waals surface area contributed by atoms with Crippen molar-refractivity contribution in [3.8, 4) is 23.4 Å². The van der Waals surface area contributed by atoms with Gasteiger partial charge in [0.25, 0.3) is 0 Å². The number of aryl methyl sites for hydroxylation is 1. The van der Waals surface area contributed by atoms with E-state index >= 15 is 0 Å². The van der Waals surface area contributed by atoms with Crippen LogP contribution in [0.3, 0.4) is 0 Å². The molecule has 2 aromatic heterocycles. The highest BCUT2D eigenvalue weighted by Gasteiger charge is 2.31. The van der Waals surface area contributed by atoms with Crippen LogP contribution in [0.15, 0.2) is 66.0 Å². The van der Waals surface area contributed by atoms with E-state index in [9.17, 15) is 10.5 Å². The average molecular weight is 367 g/mol. The van der Waals surface area contributed by atoms with Gasteiger partial charge in [0, 0.05) is 15.8 Å². The van der Waals surface area contributed by atoms with Crippen molar-refractivity contribution in [2.24, 2.45) is 5.92 Å². The first-order valence-electron chi connectivity index (χ1n) is 8.73. The van der Waals surface area contributed by atoms with Crippen LogP contribution in [-0.2, 0) is 0 Å². The number of thiophene rings is 1. The fourth-order valence-corrected chi connectivity index (χ4v) is 4.48. The Morgan fingerprint density at radius 3 is 2.41 bits per heavy atom. The Morgan fingerprint density at radius 2 is 1.74 bits per heavy atom. The third-order valence-electron chi connectivity index (χ3n) is 4.83. The minimum absolute atomic E-state index is 0.299. The Hall–Kier alpha value is -3.34. The summed E-state index contributed by atoms with van der Waals surface area (Å²) in [7, 11) is 0. The zero-order chi connectivity index (χ0) is 18.8. The molecule has 0 fully saturated rings. The second-order valence-electron chi connectivity index (χ2n) is 6.56. The summed E-state index contributed by atoms with van der Waals surface area (Å²) in [6.07, 6.45) is 0. The summed E-state index contributed by atoms with van der Waals surface area (Å²) in [5.41, 5.74) is 5.24. The average Bonchev–Trinajstić information content (AvgIpc) is 3.34. The standard InChI is InChI=1S/C23H17N3S/c1-15-9-10-18-19(12-15)26-23(16-6-3-2-4-7-16)22(18)21(17(13-24)14-25)20-8-5-11-27-20/h2-12,17,21,26H,1H3/t21-/m1/s1. The number of rotatable bonds is 4. The van der Waals surface area contributed by atoms with Crippen molar-refractivity contribution in [1.29, 1.82) is 10.5 Å². The third kappa shape index (κ3) is 3.01. The number of H-pyrrole nitrogens is 1. The molecule has 0 bridgehead atoms. The molecular weight excluding hydrogens is 350 g/mol. The first-order valence-corrected chi connectivity index (χ1v) is 9.61. The van der Waals surface area contributed by atoms with E-state index in [-0.39, 0.29) is 5.92 Å². The van der Waals surface area contributed by atoms with Crippen molar-refractivity contribution >= 4 is 22.2 Å². The van der Waals surface area contributed by atoms with Crippen molar-refractivity contribution in [2.75, 3.05) is 0 Å². The van der Waals surface area contributed by atoms with Crippen LogP contribution in [0.5, 0.6) is 0 Å². The molecule has 4 rings (SSSR count). The van der Waals surface area contributed by atoms with Gasteiger partial charge >= 0.3 is 0 Å². The van der Waals surface area contributed by atoms with Gasteiger partial charge in [0.1, 0.15) is 5.92 Å². The third-order valence-corrected chi connectivity index (χ3v) is 5.78. The maximum Gasteiger partial charge on any atom is 0.145 e. The molecule has 3 nitrogen and oxygen atoms in total. The Labute approximate surface area is 162 Å². The van der Waals surface area contributed by atoms with Crippen molar-refractivity contribution in [2.45, 2.75) is 12.8 Å². The van der Waals surface area contributed by atoms with Crippen LogP contribution < -0.4 is 0 Å². The Balaban J connectivity index is 2.06. The molecule has 0 unspecified atom stereocenters. The Bertz CT molecular complexity index is 1140. The largest absolute Gasteiger partial charge is 0.354 e. The zero-order valence-corrected chi connectivity index (χ0v) is 15.6. The smallest absolute Gasteiger partial charge is 0.145 e. The summed E-state index contributed by atoms with van der Waals surface area (Å²) in [6, 6.07) is 24.8.